The average Bonchev–Trinajstić information content (AvgIpc) is 1.64. The van der Waals surface area contributed by atoms with E-state index < -0.39 is 5.60 Å². The maximum Gasteiger partial charge on any atom is 0.0888 e. The number of hydrogen-bond acceptors (Lipinski definition) is 2. The Kier molecular flexibility index (Phi) is 2.25. The lowest BCUT2D eigenvalue weighted by Gasteiger charge is -2.14. The quantitative estimate of drug-likeness (QED) is 0.339. The van der Waals surface area contributed by atoms with E-state index in [4.69, 9.17) is 10.6 Å². The Morgan fingerprint density at radius 2 is 2.33 bits per heavy atom. The maximum absolute atomic E-state index is 8.94. The van der Waals surface area contributed by atoms with Gasteiger partial charge in [0, 0.05) is 10.6 Å². The van der Waals surface area contributed by atoms with Gasteiger partial charge in [-0.2, -0.15) is 0 Å². The van der Waals surface area contributed by atoms with Gasteiger partial charge in [-0.15, -0.1) is 0 Å². The first kappa shape index (κ1) is 8.01. The molecular weight excluding hydrogens is 118 g/mol. The van der Waals surface area contributed by atoms with Crippen LogP contribution in [0.2, 0.25) is 0 Å². The van der Waals surface area contributed by atoms with Crippen molar-refractivity contribution in [3.63, 3.8) is 0 Å². The third-order valence-corrected chi connectivity index (χ3v) is 0.787. The van der Waals surface area contributed by atoms with Gasteiger partial charge in [0.25, 0.3) is 0 Å². The van der Waals surface area contributed by atoms with Crippen LogP contribution in [-0.4, -0.2) is 10.7 Å². The van der Waals surface area contributed by atoms with Gasteiger partial charge in [-0.3, -0.25) is 0 Å². The topological polar surface area (TPSA) is 69.0 Å². The minimum absolute atomic E-state index is 0.0185. The molecule has 4 heteroatoms. The molecule has 0 amide bonds. The van der Waals surface area contributed by atoms with Gasteiger partial charge in [0.2, 0.25) is 0 Å². The molecule has 1 N–H and O–H groups in total. The summed E-state index contributed by atoms with van der Waals surface area (Å²) in [5.74, 6) is 0. The van der Waals surface area contributed by atoms with Crippen LogP contribution in [0.3, 0.4) is 0 Å². The highest BCUT2D eigenvalue weighted by atomic mass is 16.3. The van der Waals surface area contributed by atoms with Gasteiger partial charge in [0.15, 0.2) is 0 Å². The van der Waals surface area contributed by atoms with Crippen molar-refractivity contribution in [2.45, 2.75) is 12.5 Å². The van der Waals surface area contributed by atoms with Gasteiger partial charge in [-0.05, 0) is 19.4 Å². The zero-order valence-electron chi connectivity index (χ0n) is 5.20. The summed E-state index contributed by atoms with van der Waals surface area (Å²) in [6.45, 7) is 7.96. The normalized spacial score (nSPS) is 10.1. The molecule has 0 bridgehead atoms. The molecule has 0 aromatic carbocycles. The summed E-state index contributed by atoms with van der Waals surface area (Å²) in [6, 6.07) is 0. The van der Waals surface area contributed by atoms with E-state index in [0.29, 0.717) is 0 Å². The van der Waals surface area contributed by atoms with Crippen LogP contribution in [0.25, 0.3) is 10.4 Å². The molecule has 0 saturated heterocycles. The molecule has 49 valence electrons. The number of nitrogens with zero attached hydrogens (tertiary/aromatic N) is 3. The van der Waals surface area contributed by atoms with Crippen molar-refractivity contribution in [3.8, 4) is 0 Å². The van der Waals surface area contributed by atoms with Crippen molar-refractivity contribution in [1.29, 1.82) is 0 Å². The molecule has 1 unspecified atom stereocenters. The number of hydrogen-bond donors (Lipinski definition) is 1. The Morgan fingerprint density at radius 1 is 1.89 bits per heavy atom. The summed E-state index contributed by atoms with van der Waals surface area (Å²) in [7, 11) is 0. The Balaban J connectivity index is 4.22. The maximum atomic E-state index is 8.94. The fraction of sp³-hybridized carbons (Fsp3) is 0.400. The highest BCUT2D eigenvalue weighted by Crippen LogP contribution is 2.12. The van der Waals surface area contributed by atoms with E-state index in [1.54, 1.807) is 0 Å². The molecule has 0 spiro atoms. The van der Waals surface area contributed by atoms with Crippen LogP contribution in [0.5, 0.6) is 0 Å². The molecule has 0 aliphatic carbocycles. The van der Waals surface area contributed by atoms with Crippen molar-refractivity contribution in [2.24, 2.45) is 5.11 Å². The van der Waals surface area contributed by atoms with E-state index in [9.17, 15) is 0 Å². The second-order valence-corrected chi connectivity index (χ2v) is 1.91. The van der Waals surface area contributed by atoms with E-state index in [-0.39, 0.29) is 5.70 Å². The minimum Gasteiger partial charge on any atom is -0.386 e. The molecule has 1 atom stereocenters. The van der Waals surface area contributed by atoms with Crippen LogP contribution in [0, 0.1) is 6.92 Å². The van der Waals surface area contributed by atoms with Crippen LogP contribution in [-0.2, 0) is 0 Å². The second-order valence-electron chi connectivity index (χ2n) is 1.91. The lowest BCUT2D eigenvalue weighted by Crippen LogP contribution is -2.19. The lowest BCUT2D eigenvalue weighted by molar-refractivity contribution is 0.147. The molecular formula is C5H8N3O. The van der Waals surface area contributed by atoms with Crippen molar-refractivity contribution in [1.82, 2.24) is 0 Å². The highest BCUT2D eigenvalue weighted by Gasteiger charge is 2.14. The monoisotopic (exact) mass is 126 g/mol. The Labute approximate surface area is 53.4 Å². The summed E-state index contributed by atoms with van der Waals surface area (Å²) in [5, 5.41) is 12.0. The largest absolute Gasteiger partial charge is 0.386 e. The van der Waals surface area contributed by atoms with E-state index >= 15 is 0 Å². The summed E-state index contributed by atoms with van der Waals surface area (Å²) in [5.41, 5.74) is 6.52. The molecule has 1 radical (unpaired) electrons. The predicted molar refractivity (Wildman–Crippen MR) is 34.3 cm³/mol. The van der Waals surface area contributed by atoms with Gasteiger partial charge < -0.3 is 5.11 Å². The summed E-state index contributed by atoms with van der Waals surface area (Å²) >= 11 is 0. The summed E-state index contributed by atoms with van der Waals surface area (Å²) in [4.78, 5) is 2.43. The smallest absolute Gasteiger partial charge is 0.0888 e. The van der Waals surface area contributed by atoms with E-state index in [1.807, 2.05) is 0 Å². The summed E-state index contributed by atoms with van der Waals surface area (Å²) < 4.78 is 0. The molecule has 0 aromatic rings. The van der Waals surface area contributed by atoms with Crippen molar-refractivity contribution < 1.29 is 5.11 Å². The lowest BCUT2D eigenvalue weighted by atomic mass is 10.1. The number of azide groups is 1. The van der Waals surface area contributed by atoms with Crippen LogP contribution in [0.15, 0.2) is 17.4 Å². The molecule has 4 nitrogen and oxygen atoms in total. The van der Waals surface area contributed by atoms with Gasteiger partial charge in [-0.1, -0.05) is 11.7 Å². The molecule has 0 heterocycles. The fourth-order valence-electron chi connectivity index (χ4n) is 0.162. The van der Waals surface area contributed by atoms with Crippen LogP contribution < -0.4 is 0 Å². The van der Waals surface area contributed by atoms with Gasteiger partial charge >= 0.3 is 0 Å². The SMILES string of the molecule is [CH2]C(C)(O)C(=C)N=[N+]=[N-]. The van der Waals surface area contributed by atoms with E-state index in [0.717, 1.165) is 0 Å². The standard InChI is InChI=1S/C5H8N3O/c1-4(7-8-6)5(2,3)9/h9H,1-2H2,3H3. The molecule has 0 aliphatic heterocycles. The van der Waals surface area contributed by atoms with Crippen LogP contribution in [0.4, 0.5) is 0 Å². The third-order valence-electron chi connectivity index (χ3n) is 0.787. The van der Waals surface area contributed by atoms with Crippen molar-refractivity contribution in [3.05, 3.63) is 29.6 Å². The molecule has 0 fully saturated rings. The Bertz CT molecular complexity index is 162. The first-order valence-corrected chi connectivity index (χ1v) is 2.30. The second kappa shape index (κ2) is 2.53. The minimum atomic E-state index is -1.35. The molecule has 0 aromatic heterocycles. The average molecular weight is 126 g/mol. The Hall–Kier alpha value is -0.990. The molecule has 9 heavy (non-hydrogen) atoms. The highest BCUT2D eigenvalue weighted by molar-refractivity contribution is 5.10. The zero-order chi connectivity index (χ0) is 7.49. The fourth-order valence-corrected chi connectivity index (χ4v) is 0.162. The van der Waals surface area contributed by atoms with Crippen LogP contribution in [0.1, 0.15) is 6.92 Å². The van der Waals surface area contributed by atoms with E-state index in [2.05, 4.69) is 23.5 Å². The van der Waals surface area contributed by atoms with Gasteiger partial charge in [-0.25, -0.2) is 0 Å². The first-order chi connectivity index (χ1) is 3.98. The van der Waals surface area contributed by atoms with Gasteiger partial charge in [0.05, 0.1) is 5.60 Å². The number of aliphatic hydroxyl groups is 1. The number of rotatable bonds is 2. The van der Waals surface area contributed by atoms with Crippen molar-refractivity contribution in [2.75, 3.05) is 0 Å². The third kappa shape index (κ3) is 2.74. The van der Waals surface area contributed by atoms with Gasteiger partial charge in [0.1, 0.15) is 0 Å². The zero-order valence-corrected chi connectivity index (χ0v) is 5.20. The van der Waals surface area contributed by atoms with E-state index in [1.165, 1.54) is 6.92 Å². The first-order valence-electron chi connectivity index (χ1n) is 2.30. The summed E-state index contributed by atoms with van der Waals surface area (Å²) in [6.07, 6.45) is 0. The van der Waals surface area contributed by atoms with Crippen LogP contribution >= 0.6 is 0 Å². The van der Waals surface area contributed by atoms with Crippen molar-refractivity contribution >= 4 is 0 Å². The predicted octanol–water partition coefficient (Wildman–Crippen LogP) is 1.40. The Morgan fingerprint density at radius 3 is 2.44 bits per heavy atom. The molecule has 0 rings (SSSR count). The molecule has 0 aliphatic rings. The molecule has 0 saturated carbocycles.